The molecule has 5 heteroatoms. The molecule has 0 radical (unpaired) electrons. The second-order valence-electron chi connectivity index (χ2n) is 6.08. The van der Waals surface area contributed by atoms with Gasteiger partial charge in [-0.25, -0.2) is 0 Å². The van der Waals surface area contributed by atoms with Crippen LogP contribution in [0.1, 0.15) is 33.6 Å². The van der Waals surface area contributed by atoms with Crippen molar-refractivity contribution in [1.29, 1.82) is 0 Å². The summed E-state index contributed by atoms with van der Waals surface area (Å²) in [7, 11) is 3.47. The second-order valence-corrected chi connectivity index (χ2v) is 6.08. The zero-order chi connectivity index (χ0) is 13.9. The summed E-state index contributed by atoms with van der Waals surface area (Å²) in [5, 5.41) is 3.17. The Morgan fingerprint density at radius 3 is 2.44 bits per heavy atom. The third-order valence-corrected chi connectivity index (χ3v) is 3.07. The van der Waals surface area contributed by atoms with Crippen molar-refractivity contribution in [3.8, 4) is 0 Å². The lowest BCUT2D eigenvalue weighted by molar-refractivity contribution is -0.141. The van der Waals surface area contributed by atoms with E-state index in [4.69, 9.17) is 0 Å². The Balaban J connectivity index is 2.59. The Hall–Kier alpha value is -1.10. The fraction of sp³-hybridized carbons (Fsp3) is 0.846. The zero-order valence-corrected chi connectivity index (χ0v) is 12.1. The fourth-order valence-corrected chi connectivity index (χ4v) is 2.06. The van der Waals surface area contributed by atoms with Gasteiger partial charge in [0.2, 0.25) is 11.8 Å². The second kappa shape index (κ2) is 5.69. The molecule has 0 spiro atoms. The molecule has 1 aliphatic rings. The monoisotopic (exact) mass is 255 g/mol. The molecule has 104 valence electrons. The van der Waals surface area contributed by atoms with Gasteiger partial charge in [-0.05, 0) is 33.6 Å². The van der Waals surface area contributed by atoms with Crippen LogP contribution in [0.4, 0.5) is 0 Å². The standard InChI is InChI=1S/C13H25N3O2/c1-13(2,3)14-9-11(17)16-8-6-7-10(16)12(18)15(4)5/h10,14H,6-9H2,1-5H3. The number of amides is 2. The summed E-state index contributed by atoms with van der Waals surface area (Å²) >= 11 is 0. The normalized spacial score (nSPS) is 20.1. The van der Waals surface area contributed by atoms with Crippen LogP contribution in [0, 0.1) is 0 Å². The maximum atomic E-state index is 12.1. The van der Waals surface area contributed by atoms with Gasteiger partial charge in [0.1, 0.15) is 6.04 Å². The minimum atomic E-state index is -0.269. The Kier molecular flexibility index (Phi) is 4.73. The molecule has 0 aromatic heterocycles. The maximum Gasteiger partial charge on any atom is 0.244 e. The molecule has 0 aliphatic carbocycles. The molecular weight excluding hydrogens is 230 g/mol. The average molecular weight is 255 g/mol. The molecule has 0 saturated carbocycles. The highest BCUT2D eigenvalue weighted by Gasteiger charge is 2.34. The number of likely N-dealkylation sites (N-methyl/N-ethyl adjacent to an activating group) is 1. The van der Waals surface area contributed by atoms with Gasteiger partial charge < -0.3 is 15.1 Å². The molecule has 0 aromatic rings. The van der Waals surface area contributed by atoms with Crippen molar-refractivity contribution in [1.82, 2.24) is 15.1 Å². The topological polar surface area (TPSA) is 52.7 Å². The summed E-state index contributed by atoms with van der Waals surface area (Å²) in [4.78, 5) is 27.4. The van der Waals surface area contributed by atoms with Gasteiger partial charge in [-0.2, -0.15) is 0 Å². The first-order chi connectivity index (χ1) is 8.22. The molecule has 1 rings (SSSR count). The van der Waals surface area contributed by atoms with Crippen molar-refractivity contribution in [3.05, 3.63) is 0 Å². The van der Waals surface area contributed by atoms with Gasteiger partial charge in [-0.3, -0.25) is 9.59 Å². The molecule has 1 N–H and O–H groups in total. The number of carbonyl (C=O) groups excluding carboxylic acids is 2. The van der Waals surface area contributed by atoms with Crippen molar-refractivity contribution >= 4 is 11.8 Å². The summed E-state index contributed by atoms with van der Waals surface area (Å²) in [6, 6.07) is -0.269. The number of rotatable bonds is 3. The van der Waals surface area contributed by atoms with E-state index >= 15 is 0 Å². The highest BCUT2D eigenvalue weighted by atomic mass is 16.2. The zero-order valence-electron chi connectivity index (χ0n) is 12.1. The van der Waals surface area contributed by atoms with Gasteiger partial charge in [-0.1, -0.05) is 0 Å². The molecule has 1 heterocycles. The van der Waals surface area contributed by atoms with Gasteiger partial charge in [0.15, 0.2) is 0 Å². The van der Waals surface area contributed by atoms with Crippen molar-refractivity contribution in [2.24, 2.45) is 0 Å². The quantitative estimate of drug-likeness (QED) is 0.797. The largest absolute Gasteiger partial charge is 0.347 e. The Morgan fingerprint density at radius 2 is 1.94 bits per heavy atom. The molecule has 1 aliphatic heterocycles. The Labute approximate surface area is 110 Å². The smallest absolute Gasteiger partial charge is 0.244 e. The maximum absolute atomic E-state index is 12.1. The third-order valence-electron chi connectivity index (χ3n) is 3.07. The van der Waals surface area contributed by atoms with Crippen LogP contribution >= 0.6 is 0 Å². The van der Waals surface area contributed by atoms with E-state index in [0.717, 1.165) is 12.8 Å². The summed E-state index contributed by atoms with van der Waals surface area (Å²) in [6.07, 6.45) is 1.68. The van der Waals surface area contributed by atoms with Gasteiger partial charge in [0.25, 0.3) is 0 Å². The van der Waals surface area contributed by atoms with E-state index in [1.807, 2.05) is 20.8 Å². The number of carbonyl (C=O) groups is 2. The summed E-state index contributed by atoms with van der Waals surface area (Å²) in [5.41, 5.74) is -0.0869. The van der Waals surface area contributed by atoms with E-state index < -0.39 is 0 Å². The SMILES string of the molecule is CN(C)C(=O)C1CCCN1C(=O)CNC(C)(C)C. The van der Waals surface area contributed by atoms with Crippen LogP contribution in [0.2, 0.25) is 0 Å². The minimum Gasteiger partial charge on any atom is -0.347 e. The number of nitrogens with one attached hydrogen (secondary N) is 1. The molecule has 0 aromatic carbocycles. The van der Waals surface area contributed by atoms with E-state index in [1.165, 1.54) is 0 Å². The van der Waals surface area contributed by atoms with Gasteiger partial charge in [0.05, 0.1) is 6.54 Å². The molecule has 1 fully saturated rings. The van der Waals surface area contributed by atoms with Crippen LogP contribution < -0.4 is 5.32 Å². The lowest BCUT2D eigenvalue weighted by atomic mass is 10.1. The van der Waals surface area contributed by atoms with Crippen LogP contribution in [-0.2, 0) is 9.59 Å². The highest BCUT2D eigenvalue weighted by Crippen LogP contribution is 2.18. The molecule has 18 heavy (non-hydrogen) atoms. The van der Waals surface area contributed by atoms with E-state index in [1.54, 1.807) is 23.9 Å². The summed E-state index contributed by atoms with van der Waals surface area (Å²) in [6.45, 7) is 7.04. The first kappa shape index (κ1) is 15.0. The summed E-state index contributed by atoms with van der Waals surface area (Å²) in [5.74, 6) is 0.0410. The molecule has 0 bridgehead atoms. The van der Waals surface area contributed by atoms with Crippen molar-refractivity contribution < 1.29 is 9.59 Å². The Bertz CT molecular complexity index is 321. The van der Waals surface area contributed by atoms with Crippen molar-refractivity contribution in [3.63, 3.8) is 0 Å². The molecule has 1 unspecified atom stereocenters. The molecule has 5 nitrogen and oxygen atoms in total. The van der Waals surface area contributed by atoms with E-state index in [0.29, 0.717) is 13.1 Å². The van der Waals surface area contributed by atoms with Gasteiger partial charge in [-0.15, -0.1) is 0 Å². The van der Waals surface area contributed by atoms with Crippen molar-refractivity contribution in [2.75, 3.05) is 27.2 Å². The van der Waals surface area contributed by atoms with E-state index in [9.17, 15) is 9.59 Å². The van der Waals surface area contributed by atoms with Crippen LogP contribution in [0.5, 0.6) is 0 Å². The van der Waals surface area contributed by atoms with Crippen molar-refractivity contribution in [2.45, 2.75) is 45.2 Å². The lowest BCUT2D eigenvalue weighted by Crippen LogP contribution is -2.50. The first-order valence-corrected chi connectivity index (χ1v) is 6.48. The number of hydrogen-bond acceptors (Lipinski definition) is 3. The van der Waals surface area contributed by atoms with E-state index in [2.05, 4.69) is 5.32 Å². The summed E-state index contributed by atoms with van der Waals surface area (Å²) < 4.78 is 0. The minimum absolute atomic E-state index is 0.0163. The number of likely N-dealkylation sites (tertiary alicyclic amines) is 1. The molecule has 2 amide bonds. The molecule has 1 atom stereocenters. The van der Waals surface area contributed by atoms with Gasteiger partial charge >= 0.3 is 0 Å². The van der Waals surface area contributed by atoms with Crippen LogP contribution in [0.3, 0.4) is 0 Å². The fourth-order valence-electron chi connectivity index (χ4n) is 2.06. The lowest BCUT2D eigenvalue weighted by Gasteiger charge is -2.28. The molecular formula is C13H25N3O2. The number of nitrogens with zero attached hydrogens (tertiary/aromatic N) is 2. The Morgan fingerprint density at radius 1 is 1.33 bits per heavy atom. The third kappa shape index (κ3) is 3.98. The van der Waals surface area contributed by atoms with Crippen LogP contribution in [-0.4, -0.2) is 60.4 Å². The van der Waals surface area contributed by atoms with Crippen LogP contribution in [0.25, 0.3) is 0 Å². The predicted molar refractivity (Wildman–Crippen MR) is 71.2 cm³/mol. The number of hydrogen-bond donors (Lipinski definition) is 1. The van der Waals surface area contributed by atoms with Gasteiger partial charge in [0, 0.05) is 26.2 Å². The average Bonchev–Trinajstić information content (AvgIpc) is 2.72. The highest BCUT2D eigenvalue weighted by molar-refractivity contribution is 5.88. The first-order valence-electron chi connectivity index (χ1n) is 6.48. The molecule has 1 saturated heterocycles. The van der Waals surface area contributed by atoms with Crippen LogP contribution in [0.15, 0.2) is 0 Å². The predicted octanol–water partition coefficient (Wildman–Crippen LogP) is 0.454. The van der Waals surface area contributed by atoms with E-state index in [-0.39, 0.29) is 23.4 Å².